The molecular weight excluding hydrogens is 328 g/mol. The largest absolute Gasteiger partial charge is 0.423 e. The maximum absolute atomic E-state index is 12.9. The maximum atomic E-state index is 12.9. The van der Waals surface area contributed by atoms with Crippen LogP contribution in [0.3, 0.4) is 0 Å². The van der Waals surface area contributed by atoms with Gasteiger partial charge >= 0.3 is 0 Å². The van der Waals surface area contributed by atoms with Crippen molar-refractivity contribution in [1.29, 1.82) is 0 Å². The van der Waals surface area contributed by atoms with Crippen molar-refractivity contribution in [3.63, 3.8) is 0 Å². The second-order valence-electron chi connectivity index (χ2n) is 6.09. The van der Waals surface area contributed by atoms with E-state index in [1.807, 2.05) is 13.8 Å². The minimum Gasteiger partial charge on any atom is -0.423 e. The molecule has 2 aromatic rings. The number of aromatic nitrogens is 3. The van der Waals surface area contributed by atoms with Gasteiger partial charge in [0, 0.05) is 12.5 Å². The van der Waals surface area contributed by atoms with Gasteiger partial charge in [-0.1, -0.05) is 20.8 Å². The number of hydrogen-bond donors (Lipinski definition) is 0. The van der Waals surface area contributed by atoms with Crippen LogP contribution in [0.25, 0.3) is 0 Å². The van der Waals surface area contributed by atoms with E-state index in [-0.39, 0.29) is 17.9 Å². The molecule has 3 rings (SSSR count). The standard InChI is InChI=1S/C16H22N4O3S/c1-4-5-13-17-8-12(24-13)16(21)20-6-7-22-9-11(20)15-19-18-14(23-15)10(2)3/h8,10-11H,4-7,9H2,1-3H3/t11-/m0/s1. The minimum atomic E-state index is -0.344. The average molecular weight is 350 g/mol. The van der Waals surface area contributed by atoms with Gasteiger partial charge in [-0.2, -0.15) is 0 Å². The Balaban J connectivity index is 1.81. The number of nitrogens with zero attached hydrogens (tertiary/aromatic N) is 4. The number of amides is 1. The summed E-state index contributed by atoms with van der Waals surface area (Å²) in [7, 11) is 0. The van der Waals surface area contributed by atoms with Crippen LogP contribution >= 0.6 is 11.3 Å². The van der Waals surface area contributed by atoms with Crippen LogP contribution in [0.4, 0.5) is 0 Å². The fourth-order valence-electron chi connectivity index (χ4n) is 2.55. The Bertz CT molecular complexity index is 697. The molecule has 1 aliphatic heterocycles. The second kappa shape index (κ2) is 7.40. The van der Waals surface area contributed by atoms with Gasteiger partial charge in [-0.05, 0) is 12.8 Å². The molecule has 0 spiro atoms. The molecule has 0 unspecified atom stereocenters. The zero-order valence-corrected chi connectivity index (χ0v) is 15.0. The van der Waals surface area contributed by atoms with Gasteiger partial charge in [0.05, 0.1) is 24.4 Å². The lowest BCUT2D eigenvalue weighted by Gasteiger charge is -2.33. The highest BCUT2D eigenvalue weighted by Crippen LogP contribution is 2.28. The Hall–Kier alpha value is -1.80. The number of carbonyl (C=O) groups is 1. The minimum absolute atomic E-state index is 0.0487. The molecule has 1 fully saturated rings. The Kier molecular flexibility index (Phi) is 5.25. The zero-order chi connectivity index (χ0) is 17.1. The van der Waals surface area contributed by atoms with Crippen LogP contribution in [0, 0.1) is 0 Å². The summed E-state index contributed by atoms with van der Waals surface area (Å²) < 4.78 is 11.3. The lowest BCUT2D eigenvalue weighted by molar-refractivity contribution is -0.0105. The van der Waals surface area contributed by atoms with Crippen molar-refractivity contribution < 1.29 is 13.9 Å². The molecule has 1 atom stereocenters. The molecule has 7 nitrogen and oxygen atoms in total. The van der Waals surface area contributed by atoms with E-state index in [9.17, 15) is 4.79 Å². The van der Waals surface area contributed by atoms with Crippen LogP contribution < -0.4 is 0 Å². The Morgan fingerprint density at radius 3 is 3.00 bits per heavy atom. The molecule has 0 radical (unpaired) electrons. The monoisotopic (exact) mass is 350 g/mol. The highest BCUT2D eigenvalue weighted by Gasteiger charge is 2.34. The molecule has 130 valence electrons. The van der Waals surface area contributed by atoms with E-state index >= 15 is 0 Å². The van der Waals surface area contributed by atoms with Gasteiger partial charge in [-0.3, -0.25) is 4.79 Å². The van der Waals surface area contributed by atoms with Gasteiger partial charge in [0.25, 0.3) is 5.91 Å². The summed E-state index contributed by atoms with van der Waals surface area (Å²) in [5.74, 6) is 1.11. The number of hydrogen-bond acceptors (Lipinski definition) is 7. The highest BCUT2D eigenvalue weighted by molar-refractivity contribution is 7.13. The Labute approximate surface area is 145 Å². The smallest absolute Gasteiger partial charge is 0.266 e. The van der Waals surface area contributed by atoms with E-state index in [1.165, 1.54) is 11.3 Å². The van der Waals surface area contributed by atoms with Crippen LogP contribution in [-0.4, -0.2) is 45.7 Å². The maximum Gasteiger partial charge on any atom is 0.266 e. The summed E-state index contributed by atoms with van der Waals surface area (Å²) in [6.07, 6.45) is 3.57. The number of rotatable bonds is 5. The SMILES string of the molecule is CCCc1ncc(C(=O)N2CCOC[C@H]2c2nnc(C(C)C)o2)s1. The van der Waals surface area contributed by atoms with Gasteiger partial charge in [-0.25, -0.2) is 4.98 Å². The Morgan fingerprint density at radius 2 is 2.29 bits per heavy atom. The predicted molar refractivity (Wildman–Crippen MR) is 89.1 cm³/mol. The first-order valence-corrected chi connectivity index (χ1v) is 9.08. The molecule has 0 aromatic carbocycles. The first kappa shape index (κ1) is 17.0. The van der Waals surface area contributed by atoms with Crippen LogP contribution in [0.5, 0.6) is 0 Å². The van der Waals surface area contributed by atoms with Gasteiger partial charge in [0.1, 0.15) is 10.9 Å². The van der Waals surface area contributed by atoms with E-state index in [0.717, 1.165) is 17.8 Å². The molecule has 8 heteroatoms. The van der Waals surface area contributed by atoms with Crippen LogP contribution in [0.15, 0.2) is 10.6 Å². The highest BCUT2D eigenvalue weighted by atomic mass is 32.1. The summed E-state index contributed by atoms with van der Waals surface area (Å²) in [6, 6.07) is -0.344. The number of carbonyl (C=O) groups excluding carboxylic acids is 1. The van der Waals surface area contributed by atoms with Crippen molar-refractivity contribution in [3.05, 3.63) is 27.9 Å². The third kappa shape index (κ3) is 3.49. The fraction of sp³-hybridized carbons (Fsp3) is 0.625. The lowest BCUT2D eigenvalue weighted by atomic mass is 10.2. The third-order valence-electron chi connectivity index (χ3n) is 3.85. The summed E-state index contributed by atoms with van der Waals surface area (Å²) in [4.78, 5) is 19.6. The first-order valence-electron chi connectivity index (χ1n) is 8.26. The Morgan fingerprint density at radius 1 is 1.46 bits per heavy atom. The number of thiazole rings is 1. The normalized spacial score (nSPS) is 18.3. The van der Waals surface area contributed by atoms with E-state index in [0.29, 0.717) is 36.4 Å². The number of ether oxygens (including phenoxy) is 1. The summed E-state index contributed by atoms with van der Waals surface area (Å²) in [6.45, 7) is 7.46. The topological polar surface area (TPSA) is 81.4 Å². The fourth-order valence-corrected chi connectivity index (χ4v) is 3.52. The van der Waals surface area contributed by atoms with Gasteiger partial charge in [0.2, 0.25) is 11.8 Å². The van der Waals surface area contributed by atoms with E-state index in [1.54, 1.807) is 11.1 Å². The van der Waals surface area contributed by atoms with E-state index in [2.05, 4.69) is 22.1 Å². The molecule has 0 N–H and O–H groups in total. The van der Waals surface area contributed by atoms with Crippen molar-refractivity contribution >= 4 is 17.2 Å². The van der Waals surface area contributed by atoms with E-state index < -0.39 is 0 Å². The van der Waals surface area contributed by atoms with Gasteiger partial charge in [0.15, 0.2) is 0 Å². The molecule has 0 saturated carbocycles. The lowest BCUT2D eigenvalue weighted by Crippen LogP contribution is -2.43. The molecule has 0 bridgehead atoms. The van der Waals surface area contributed by atoms with Gasteiger partial charge in [-0.15, -0.1) is 21.5 Å². The second-order valence-corrected chi connectivity index (χ2v) is 7.21. The molecule has 0 aliphatic carbocycles. The molecule has 2 aromatic heterocycles. The predicted octanol–water partition coefficient (Wildman–Crippen LogP) is 2.82. The molecule has 1 amide bonds. The summed E-state index contributed by atoms with van der Waals surface area (Å²) >= 11 is 1.46. The van der Waals surface area contributed by atoms with Crippen LogP contribution in [0.1, 0.15) is 65.6 Å². The zero-order valence-electron chi connectivity index (χ0n) is 14.2. The molecule has 24 heavy (non-hydrogen) atoms. The number of morpholine rings is 1. The van der Waals surface area contributed by atoms with Crippen molar-refractivity contribution in [3.8, 4) is 0 Å². The molecule has 1 aliphatic rings. The first-order chi connectivity index (χ1) is 11.6. The van der Waals surface area contributed by atoms with Crippen molar-refractivity contribution in [2.75, 3.05) is 19.8 Å². The summed E-state index contributed by atoms with van der Waals surface area (Å²) in [5.41, 5.74) is 0. The van der Waals surface area contributed by atoms with Crippen LogP contribution in [0.2, 0.25) is 0 Å². The van der Waals surface area contributed by atoms with E-state index in [4.69, 9.17) is 9.15 Å². The van der Waals surface area contributed by atoms with Crippen molar-refractivity contribution in [1.82, 2.24) is 20.1 Å². The molecule has 1 saturated heterocycles. The molecule has 3 heterocycles. The van der Waals surface area contributed by atoms with Gasteiger partial charge < -0.3 is 14.1 Å². The quantitative estimate of drug-likeness (QED) is 0.825. The number of aryl methyl sites for hydroxylation is 1. The molecular formula is C16H22N4O3S. The van der Waals surface area contributed by atoms with Crippen molar-refractivity contribution in [2.45, 2.75) is 45.6 Å². The van der Waals surface area contributed by atoms with Crippen LogP contribution in [-0.2, 0) is 11.2 Å². The third-order valence-corrected chi connectivity index (χ3v) is 4.90. The van der Waals surface area contributed by atoms with Crippen molar-refractivity contribution in [2.24, 2.45) is 0 Å². The summed E-state index contributed by atoms with van der Waals surface area (Å²) in [5, 5.41) is 9.18. The average Bonchev–Trinajstić information content (AvgIpc) is 3.24.